The summed E-state index contributed by atoms with van der Waals surface area (Å²) in [5.41, 5.74) is 6.33. The normalized spacial score (nSPS) is 14.1. The van der Waals surface area contributed by atoms with Gasteiger partial charge in [0.15, 0.2) is 5.42 Å². The fourth-order valence-corrected chi connectivity index (χ4v) is 3.74. The first-order chi connectivity index (χ1) is 11.9. The first-order valence-electron chi connectivity index (χ1n) is 8.72. The van der Waals surface area contributed by atoms with Crippen LogP contribution in [0.4, 0.5) is 5.82 Å². The van der Waals surface area contributed by atoms with Crippen molar-refractivity contribution in [3.05, 3.63) is 51.9 Å². The van der Waals surface area contributed by atoms with Gasteiger partial charge in [-0.15, -0.1) is 0 Å². The molecule has 0 saturated carbocycles. The van der Waals surface area contributed by atoms with Gasteiger partial charge in [-0.25, -0.2) is 9.55 Å². The lowest BCUT2D eigenvalue weighted by Gasteiger charge is -2.23. The van der Waals surface area contributed by atoms with Gasteiger partial charge in [0.1, 0.15) is 5.70 Å². The number of aryl methyl sites for hydroxylation is 4. The average molecular weight is 332 g/mol. The summed E-state index contributed by atoms with van der Waals surface area (Å²) >= 11 is 0. The molecule has 126 valence electrons. The fraction of sp³-hybridized carbons (Fsp3) is 0.300. The summed E-state index contributed by atoms with van der Waals surface area (Å²) in [5.74, 6) is 3.44. The molecule has 4 nitrogen and oxygen atoms in total. The van der Waals surface area contributed by atoms with Crippen molar-refractivity contribution >= 4 is 35.4 Å². The Hall–Kier alpha value is -2.56. The smallest absolute Gasteiger partial charge is 0.402 e. The van der Waals surface area contributed by atoms with Crippen LogP contribution in [0.5, 0.6) is 0 Å². The molecule has 0 unspecified atom stereocenters. The number of rotatable bonds is 1. The standard InChI is InChI=1S/C20H23BN3O/c1-12-9-18(23(6)11-13(12)2)24-15(4)19-17(10-21(24)5)16-8-7-14(3)22-20(16)25-19/h7-11H,1-6H3/q+1. The molecule has 4 rings (SSSR count). The van der Waals surface area contributed by atoms with Crippen LogP contribution >= 0.6 is 0 Å². The van der Waals surface area contributed by atoms with Crippen molar-refractivity contribution < 1.29 is 8.98 Å². The molecular formula is C20H23BN3O+. The minimum absolute atomic E-state index is 0.239. The van der Waals surface area contributed by atoms with Crippen LogP contribution in [0.1, 0.15) is 23.7 Å². The minimum atomic E-state index is 0.239. The van der Waals surface area contributed by atoms with Crippen molar-refractivity contribution in [1.29, 1.82) is 0 Å². The van der Waals surface area contributed by atoms with Crippen molar-refractivity contribution in [3.63, 3.8) is 0 Å². The Morgan fingerprint density at radius 1 is 1.12 bits per heavy atom. The van der Waals surface area contributed by atoms with Crippen LogP contribution in [-0.2, 0) is 7.05 Å². The Morgan fingerprint density at radius 2 is 1.88 bits per heavy atom. The summed E-state index contributed by atoms with van der Waals surface area (Å²) in [5, 5.41) is 2.26. The molecule has 1 aliphatic rings. The molecule has 1 aliphatic heterocycles. The predicted molar refractivity (Wildman–Crippen MR) is 103 cm³/mol. The first kappa shape index (κ1) is 15.9. The Labute approximate surface area is 148 Å². The highest BCUT2D eigenvalue weighted by molar-refractivity contribution is 6.77. The molecule has 0 aliphatic carbocycles. The van der Waals surface area contributed by atoms with Gasteiger partial charge in [-0.1, -0.05) is 5.98 Å². The number of pyridine rings is 2. The molecule has 0 bridgehead atoms. The van der Waals surface area contributed by atoms with Gasteiger partial charge < -0.3 is 4.42 Å². The van der Waals surface area contributed by atoms with Gasteiger partial charge in [-0.05, 0) is 57.8 Å². The van der Waals surface area contributed by atoms with E-state index >= 15 is 0 Å². The van der Waals surface area contributed by atoms with Gasteiger partial charge in [0, 0.05) is 22.4 Å². The lowest BCUT2D eigenvalue weighted by atomic mass is 9.60. The van der Waals surface area contributed by atoms with Crippen molar-refractivity contribution in [3.8, 4) is 0 Å². The monoisotopic (exact) mass is 332 g/mol. The summed E-state index contributed by atoms with van der Waals surface area (Å²) in [7, 11) is 2.10. The zero-order chi connectivity index (χ0) is 17.9. The zero-order valence-electron chi connectivity index (χ0n) is 15.7. The van der Waals surface area contributed by atoms with Crippen LogP contribution in [-0.4, -0.2) is 11.8 Å². The largest absolute Gasteiger partial charge is 0.434 e. The van der Waals surface area contributed by atoms with Crippen LogP contribution in [0.25, 0.3) is 22.8 Å². The average Bonchev–Trinajstić information content (AvgIpc) is 2.90. The van der Waals surface area contributed by atoms with E-state index < -0.39 is 0 Å². The Kier molecular flexibility index (Phi) is 3.49. The van der Waals surface area contributed by atoms with Crippen LogP contribution in [0.2, 0.25) is 6.82 Å². The highest BCUT2D eigenvalue weighted by Crippen LogP contribution is 2.22. The Bertz CT molecular complexity index is 1130. The molecule has 5 heteroatoms. The molecule has 0 amide bonds. The lowest BCUT2D eigenvalue weighted by molar-refractivity contribution is -0.658. The molecule has 0 spiro atoms. The number of hydrogen-bond donors (Lipinski definition) is 0. The summed E-state index contributed by atoms with van der Waals surface area (Å²) in [4.78, 5) is 6.89. The number of nitrogens with zero attached hydrogens (tertiary/aromatic N) is 3. The van der Waals surface area contributed by atoms with E-state index in [-0.39, 0.29) is 6.85 Å². The van der Waals surface area contributed by atoms with E-state index in [2.05, 4.69) is 73.3 Å². The van der Waals surface area contributed by atoms with Crippen molar-refractivity contribution in [2.24, 2.45) is 7.05 Å². The number of hydrogen-bond acceptors (Lipinski definition) is 3. The molecule has 0 saturated heterocycles. The number of furan rings is 1. The van der Waals surface area contributed by atoms with Gasteiger partial charge in [0.25, 0.3) is 5.82 Å². The van der Waals surface area contributed by atoms with Gasteiger partial charge in [-0.2, -0.15) is 0 Å². The van der Waals surface area contributed by atoms with Crippen molar-refractivity contribution in [1.82, 2.24) is 4.98 Å². The van der Waals surface area contributed by atoms with E-state index in [1.165, 1.54) is 16.9 Å². The molecule has 0 N–H and O–H groups in total. The zero-order valence-corrected chi connectivity index (χ0v) is 15.7. The fourth-order valence-electron chi connectivity index (χ4n) is 3.74. The molecule has 0 atom stereocenters. The van der Waals surface area contributed by atoms with E-state index in [1.54, 1.807) is 0 Å². The number of anilines is 1. The second-order valence-electron chi connectivity index (χ2n) is 7.12. The second-order valence-corrected chi connectivity index (χ2v) is 7.12. The Morgan fingerprint density at radius 3 is 2.64 bits per heavy atom. The number of fused-ring (bicyclic) bond motifs is 3. The van der Waals surface area contributed by atoms with Crippen LogP contribution in [0.15, 0.2) is 28.8 Å². The Balaban J connectivity index is 2.01. The molecule has 0 fully saturated rings. The number of aromatic nitrogens is 2. The molecule has 3 aromatic rings. The predicted octanol–water partition coefficient (Wildman–Crippen LogP) is 2.17. The van der Waals surface area contributed by atoms with Gasteiger partial charge >= 0.3 is 6.85 Å². The van der Waals surface area contributed by atoms with Crippen LogP contribution < -0.4 is 20.0 Å². The SMILES string of the molecule is CB1C=c2c(oc3nc(C)ccc23)=C(C)N1c1cc(C)c(C)c[n+]1C. The molecular weight excluding hydrogens is 309 g/mol. The summed E-state index contributed by atoms with van der Waals surface area (Å²) in [6.45, 7) is 10.9. The maximum absolute atomic E-state index is 6.15. The van der Waals surface area contributed by atoms with Crippen molar-refractivity contribution in [2.45, 2.75) is 34.5 Å². The lowest BCUT2D eigenvalue weighted by Crippen LogP contribution is -2.50. The van der Waals surface area contributed by atoms with Crippen LogP contribution in [0, 0.1) is 20.8 Å². The highest BCUT2D eigenvalue weighted by Gasteiger charge is 2.34. The quantitative estimate of drug-likeness (QED) is 0.506. The summed E-state index contributed by atoms with van der Waals surface area (Å²) < 4.78 is 8.33. The maximum Gasteiger partial charge on any atom is 0.402 e. The molecule has 3 aromatic heterocycles. The summed E-state index contributed by atoms with van der Waals surface area (Å²) in [6, 6.07) is 6.41. The topological polar surface area (TPSA) is 33.2 Å². The molecule has 4 heterocycles. The summed E-state index contributed by atoms with van der Waals surface area (Å²) in [6.07, 6.45) is 2.18. The highest BCUT2D eigenvalue weighted by atomic mass is 16.3. The van der Waals surface area contributed by atoms with Gasteiger partial charge in [0.2, 0.25) is 5.71 Å². The molecule has 0 radical (unpaired) electrons. The van der Waals surface area contributed by atoms with E-state index in [4.69, 9.17) is 4.42 Å². The third-order valence-electron chi connectivity index (χ3n) is 5.20. The van der Waals surface area contributed by atoms with Crippen molar-refractivity contribution in [2.75, 3.05) is 4.81 Å². The van der Waals surface area contributed by atoms with E-state index in [0.717, 1.165) is 33.1 Å². The molecule has 25 heavy (non-hydrogen) atoms. The van der Waals surface area contributed by atoms with Gasteiger partial charge in [0.05, 0.1) is 13.2 Å². The van der Waals surface area contributed by atoms with Crippen LogP contribution in [0.3, 0.4) is 0 Å². The minimum Gasteiger partial charge on any atom is -0.434 e. The third kappa shape index (κ3) is 2.37. The maximum atomic E-state index is 6.15. The first-order valence-corrected chi connectivity index (χ1v) is 8.72. The van der Waals surface area contributed by atoms with Gasteiger partial charge in [-0.3, -0.25) is 4.81 Å². The van der Waals surface area contributed by atoms with E-state index in [0.29, 0.717) is 0 Å². The molecule has 0 aromatic carbocycles. The second kappa shape index (κ2) is 5.48. The van der Waals surface area contributed by atoms with E-state index in [1.807, 2.05) is 13.0 Å². The third-order valence-corrected chi connectivity index (χ3v) is 5.20. The van der Waals surface area contributed by atoms with E-state index in [9.17, 15) is 0 Å².